The van der Waals surface area contributed by atoms with E-state index in [-0.39, 0.29) is 0 Å². The molecule has 0 spiro atoms. The van der Waals surface area contributed by atoms with Crippen LogP contribution in [0.25, 0.3) is 0 Å². The van der Waals surface area contributed by atoms with Crippen LogP contribution in [0.1, 0.15) is 135 Å². The summed E-state index contributed by atoms with van der Waals surface area (Å²) >= 11 is 0. The van der Waals surface area contributed by atoms with E-state index in [9.17, 15) is 4.79 Å². The minimum atomic E-state index is -4.64. The highest BCUT2D eigenvalue weighted by molar-refractivity contribution is 7.45. The number of rotatable bonds is 20. The molecule has 0 bridgehead atoms. The van der Waals surface area contributed by atoms with E-state index < -0.39 is 13.8 Å². The van der Waals surface area contributed by atoms with Gasteiger partial charge in [-0.25, -0.2) is 4.57 Å². The number of aliphatic carboxylic acids is 1. The number of carboxylic acid groups (broad SMARTS) is 1. The fraction of sp³-hybridized carbons (Fsp3) is 0.955. The molecule has 0 amide bonds. The fourth-order valence-corrected chi connectivity index (χ4v) is 3.35. The van der Waals surface area contributed by atoms with Gasteiger partial charge in [-0.15, -0.1) is 0 Å². The molecule has 0 saturated carbocycles. The average Bonchev–Trinajstić information content (AvgIpc) is 2.62. The Bertz CT molecular complexity index is 375. The monoisotopic (exact) mass is 438 g/mol. The van der Waals surface area contributed by atoms with Crippen LogP contribution in [0, 0.1) is 0 Å². The Balaban J connectivity index is 0. The van der Waals surface area contributed by atoms with Gasteiger partial charge in [-0.1, -0.05) is 122 Å². The molecule has 0 heterocycles. The predicted molar refractivity (Wildman–Crippen MR) is 120 cm³/mol. The van der Waals surface area contributed by atoms with Gasteiger partial charge in [0.15, 0.2) is 0 Å². The Morgan fingerprint density at radius 2 is 0.759 bits per heavy atom. The summed E-state index contributed by atoms with van der Waals surface area (Å²) in [5.41, 5.74) is 0. The molecule has 0 radical (unpaired) electrons. The molecule has 0 unspecified atom stereocenters. The highest BCUT2D eigenvalue weighted by Gasteiger charge is 2.00. The molecule has 0 aromatic heterocycles. The van der Waals surface area contributed by atoms with Crippen LogP contribution in [0.5, 0.6) is 0 Å². The van der Waals surface area contributed by atoms with Crippen LogP contribution >= 0.6 is 7.82 Å². The third-order valence-corrected chi connectivity index (χ3v) is 4.99. The Morgan fingerprint density at radius 3 is 0.966 bits per heavy atom. The third-order valence-electron chi connectivity index (χ3n) is 4.99. The number of phosphoric acid groups is 1. The SMILES string of the molecule is CCCCCCCCCCCCCCCCCCCCCC(=O)O.O=P(O)(O)O. The second-order valence-electron chi connectivity index (χ2n) is 8.02. The van der Waals surface area contributed by atoms with Gasteiger partial charge >= 0.3 is 13.8 Å². The summed E-state index contributed by atoms with van der Waals surface area (Å²) in [5, 5.41) is 8.56. The first-order chi connectivity index (χ1) is 13.8. The number of carbonyl (C=O) groups is 1. The first kappa shape index (κ1) is 30.8. The van der Waals surface area contributed by atoms with Gasteiger partial charge in [0.1, 0.15) is 0 Å². The van der Waals surface area contributed by atoms with Crippen LogP contribution in [0.3, 0.4) is 0 Å². The lowest BCUT2D eigenvalue weighted by Crippen LogP contribution is -1.93. The van der Waals surface area contributed by atoms with Gasteiger partial charge in [-0.3, -0.25) is 4.79 Å². The summed E-state index contributed by atoms with van der Waals surface area (Å²) in [6.45, 7) is 2.28. The van der Waals surface area contributed by atoms with Crippen molar-refractivity contribution < 1.29 is 29.1 Å². The van der Waals surface area contributed by atoms with Crippen LogP contribution in [0.4, 0.5) is 0 Å². The van der Waals surface area contributed by atoms with E-state index in [0.717, 1.165) is 12.8 Å². The van der Waals surface area contributed by atoms with E-state index in [2.05, 4.69) is 6.92 Å². The number of unbranched alkanes of at least 4 members (excludes halogenated alkanes) is 18. The molecule has 0 aliphatic heterocycles. The predicted octanol–water partition coefficient (Wildman–Crippen LogP) is 6.96. The highest BCUT2D eigenvalue weighted by Crippen LogP contribution is 2.25. The molecular formula is C22H47O6P. The molecule has 0 aliphatic carbocycles. The molecule has 0 saturated heterocycles. The van der Waals surface area contributed by atoms with E-state index in [1.165, 1.54) is 109 Å². The second-order valence-corrected chi connectivity index (χ2v) is 9.05. The molecule has 176 valence electrons. The zero-order valence-corrected chi connectivity index (χ0v) is 19.6. The van der Waals surface area contributed by atoms with Crippen molar-refractivity contribution >= 4 is 13.8 Å². The molecular weight excluding hydrogens is 391 g/mol. The van der Waals surface area contributed by atoms with Gasteiger partial charge < -0.3 is 19.8 Å². The van der Waals surface area contributed by atoms with Crippen molar-refractivity contribution in [1.29, 1.82) is 0 Å². The quantitative estimate of drug-likeness (QED) is 0.121. The standard InChI is InChI=1S/C22H44O2.H3O4P/c1-2-3-4-5-6-7-8-9-10-11-12-13-14-15-16-17-18-19-20-21-22(23)24;1-5(2,3)4/h2-21H2,1H3,(H,23,24);(H3,1,2,3,4). The minimum Gasteiger partial charge on any atom is -0.481 e. The summed E-state index contributed by atoms with van der Waals surface area (Å²) < 4.78 is 8.88. The van der Waals surface area contributed by atoms with Crippen molar-refractivity contribution in [3.8, 4) is 0 Å². The normalized spacial score (nSPS) is 11.2. The molecule has 6 nitrogen and oxygen atoms in total. The van der Waals surface area contributed by atoms with Crippen molar-refractivity contribution in [1.82, 2.24) is 0 Å². The van der Waals surface area contributed by atoms with E-state index in [4.69, 9.17) is 24.4 Å². The van der Waals surface area contributed by atoms with E-state index in [1.807, 2.05) is 0 Å². The number of carboxylic acids is 1. The van der Waals surface area contributed by atoms with Gasteiger partial charge in [0.2, 0.25) is 0 Å². The third kappa shape index (κ3) is 42.6. The van der Waals surface area contributed by atoms with Crippen molar-refractivity contribution in [2.45, 2.75) is 135 Å². The first-order valence-electron chi connectivity index (χ1n) is 11.8. The van der Waals surface area contributed by atoms with Gasteiger partial charge in [0.05, 0.1) is 0 Å². The smallest absolute Gasteiger partial charge is 0.466 e. The van der Waals surface area contributed by atoms with Crippen molar-refractivity contribution in [2.75, 3.05) is 0 Å². The Kier molecular flexibility index (Phi) is 25.3. The molecule has 0 fully saturated rings. The highest BCUT2D eigenvalue weighted by atomic mass is 31.2. The molecule has 29 heavy (non-hydrogen) atoms. The van der Waals surface area contributed by atoms with Crippen LogP contribution in [-0.4, -0.2) is 25.8 Å². The topological polar surface area (TPSA) is 115 Å². The lowest BCUT2D eigenvalue weighted by atomic mass is 10.0. The van der Waals surface area contributed by atoms with E-state index in [1.54, 1.807) is 0 Å². The van der Waals surface area contributed by atoms with Gasteiger partial charge in [-0.2, -0.15) is 0 Å². The zero-order chi connectivity index (χ0) is 22.2. The van der Waals surface area contributed by atoms with Gasteiger partial charge in [-0.05, 0) is 6.42 Å². The summed E-state index contributed by atoms with van der Waals surface area (Å²) in [4.78, 5) is 31.9. The fourth-order valence-electron chi connectivity index (χ4n) is 3.35. The van der Waals surface area contributed by atoms with E-state index in [0.29, 0.717) is 6.42 Å². The molecule has 0 aliphatic rings. The average molecular weight is 439 g/mol. The maximum atomic E-state index is 10.4. The summed E-state index contributed by atoms with van der Waals surface area (Å²) in [7, 11) is -4.64. The lowest BCUT2D eigenvalue weighted by Gasteiger charge is -2.03. The maximum absolute atomic E-state index is 10.4. The molecule has 0 atom stereocenters. The molecule has 4 N–H and O–H groups in total. The van der Waals surface area contributed by atoms with Crippen molar-refractivity contribution in [3.05, 3.63) is 0 Å². The Hall–Kier alpha value is -0.420. The summed E-state index contributed by atoms with van der Waals surface area (Å²) in [6, 6.07) is 0. The molecule has 0 aromatic rings. The summed E-state index contributed by atoms with van der Waals surface area (Å²) in [6.07, 6.45) is 26.1. The van der Waals surface area contributed by atoms with Crippen LogP contribution < -0.4 is 0 Å². The lowest BCUT2D eigenvalue weighted by molar-refractivity contribution is -0.137. The van der Waals surface area contributed by atoms with E-state index >= 15 is 0 Å². The minimum absolute atomic E-state index is 0.346. The van der Waals surface area contributed by atoms with Crippen LogP contribution in [-0.2, 0) is 9.36 Å². The largest absolute Gasteiger partial charge is 0.481 e. The summed E-state index contributed by atoms with van der Waals surface area (Å²) in [5.74, 6) is -0.651. The van der Waals surface area contributed by atoms with Crippen LogP contribution in [0.2, 0.25) is 0 Å². The van der Waals surface area contributed by atoms with Crippen molar-refractivity contribution in [3.63, 3.8) is 0 Å². The van der Waals surface area contributed by atoms with Gasteiger partial charge in [0, 0.05) is 6.42 Å². The number of hydrogen-bond donors (Lipinski definition) is 4. The Morgan fingerprint density at radius 1 is 0.552 bits per heavy atom. The molecule has 0 rings (SSSR count). The number of hydrogen-bond acceptors (Lipinski definition) is 2. The van der Waals surface area contributed by atoms with Crippen molar-refractivity contribution in [2.24, 2.45) is 0 Å². The zero-order valence-electron chi connectivity index (χ0n) is 18.7. The maximum Gasteiger partial charge on any atom is 0.466 e. The second kappa shape index (κ2) is 23.9. The molecule has 7 heteroatoms. The van der Waals surface area contributed by atoms with Gasteiger partial charge in [0.25, 0.3) is 0 Å². The molecule has 0 aromatic carbocycles. The van der Waals surface area contributed by atoms with Crippen LogP contribution in [0.15, 0.2) is 0 Å². The Labute approximate surface area is 178 Å². The first-order valence-corrected chi connectivity index (χ1v) is 13.3.